The molecule has 1 atom stereocenters. The average molecular weight is 266 g/mol. The molecule has 0 aliphatic heterocycles. The van der Waals surface area contributed by atoms with Crippen LogP contribution >= 0.6 is 11.3 Å². The molecule has 1 amide bonds. The first-order valence-electron chi connectivity index (χ1n) is 4.91. The lowest BCUT2D eigenvalue weighted by molar-refractivity contribution is -0.187. The smallest absolute Gasteiger partial charge is 0.354 e. The third kappa shape index (κ3) is 3.44. The minimum absolute atomic E-state index is 0.141. The quantitative estimate of drug-likeness (QED) is 0.871. The number of carbonyl (C=O) groups excluding carboxylic acids is 1. The molecule has 3 nitrogen and oxygen atoms in total. The summed E-state index contributed by atoms with van der Waals surface area (Å²) in [5.41, 5.74) is 2.12. The van der Waals surface area contributed by atoms with E-state index in [-0.39, 0.29) is 6.54 Å². The summed E-state index contributed by atoms with van der Waals surface area (Å²) in [5.74, 6) is -1.21. The SMILES string of the molecule is CC(N)(C(=O)NCCc1cccs1)C(F)(F)F. The van der Waals surface area contributed by atoms with Crippen LogP contribution in [0, 0.1) is 0 Å². The Morgan fingerprint density at radius 1 is 1.53 bits per heavy atom. The molecule has 3 N–H and O–H groups in total. The monoisotopic (exact) mass is 266 g/mol. The molecule has 0 aliphatic rings. The van der Waals surface area contributed by atoms with Crippen molar-refractivity contribution in [1.29, 1.82) is 0 Å². The Bertz CT molecular complexity index is 373. The van der Waals surface area contributed by atoms with E-state index >= 15 is 0 Å². The number of halogens is 3. The normalized spacial score (nSPS) is 15.4. The van der Waals surface area contributed by atoms with E-state index in [0.29, 0.717) is 13.3 Å². The maximum atomic E-state index is 12.4. The van der Waals surface area contributed by atoms with Crippen molar-refractivity contribution in [3.63, 3.8) is 0 Å². The molecule has 0 aromatic carbocycles. The van der Waals surface area contributed by atoms with Crippen molar-refractivity contribution in [2.75, 3.05) is 6.54 Å². The van der Waals surface area contributed by atoms with Crippen LogP contribution in [0.3, 0.4) is 0 Å². The van der Waals surface area contributed by atoms with Crippen LogP contribution in [0.25, 0.3) is 0 Å². The minimum Gasteiger partial charge on any atom is -0.354 e. The predicted molar refractivity (Wildman–Crippen MR) is 59.7 cm³/mol. The topological polar surface area (TPSA) is 55.1 Å². The molecule has 1 heterocycles. The summed E-state index contributed by atoms with van der Waals surface area (Å²) in [4.78, 5) is 12.3. The van der Waals surface area contributed by atoms with E-state index < -0.39 is 17.6 Å². The van der Waals surface area contributed by atoms with Crippen LogP contribution in [-0.2, 0) is 11.2 Å². The van der Waals surface area contributed by atoms with Crippen molar-refractivity contribution in [2.24, 2.45) is 5.73 Å². The number of carbonyl (C=O) groups is 1. The standard InChI is InChI=1S/C10H13F3N2OS/c1-9(14,10(11,12)13)8(16)15-5-4-7-3-2-6-17-7/h2-3,6H,4-5,14H2,1H3,(H,15,16). The molecule has 7 heteroatoms. The van der Waals surface area contributed by atoms with E-state index in [2.05, 4.69) is 5.32 Å². The fraction of sp³-hybridized carbons (Fsp3) is 0.500. The van der Waals surface area contributed by atoms with Crippen molar-refractivity contribution in [1.82, 2.24) is 5.32 Å². The van der Waals surface area contributed by atoms with Crippen molar-refractivity contribution in [3.8, 4) is 0 Å². The van der Waals surface area contributed by atoms with E-state index in [1.807, 2.05) is 17.5 Å². The Kier molecular flexibility index (Phi) is 4.16. The predicted octanol–water partition coefficient (Wildman–Crippen LogP) is 1.69. The van der Waals surface area contributed by atoms with Crippen LogP contribution in [0.5, 0.6) is 0 Å². The molecular formula is C10H13F3N2OS. The Hall–Kier alpha value is -1.08. The lowest BCUT2D eigenvalue weighted by Gasteiger charge is -2.26. The van der Waals surface area contributed by atoms with Gasteiger partial charge in [-0.05, 0) is 24.8 Å². The lowest BCUT2D eigenvalue weighted by atomic mass is 10.0. The van der Waals surface area contributed by atoms with Crippen molar-refractivity contribution in [3.05, 3.63) is 22.4 Å². The van der Waals surface area contributed by atoms with Gasteiger partial charge in [-0.15, -0.1) is 11.3 Å². The fourth-order valence-electron chi connectivity index (χ4n) is 1.07. The van der Waals surface area contributed by atoms with Gasteiger partial charge in [0.25, 0.3) is 0 Å². The Morgan fingerprint density at radius 2 is 2.18 bits per heavy atom. The van der Waals surface area contributed by atoms with Gasteiger partial charge in [-0.3, -0.25) is 4.79 Å². The Labute approximate surface area is 101 Å². The maximum absolute atomic E-state index is 12.4. The summed E-state index contributed by atoms with van der Waals surface area (Å²) in [5, 5.41) is 4.05. The van der Waals surface area contributed by atoms with Gasteiger partial charge in [0.2, 0.25) is 5.91 Å². The molecule has 0 spiro atoms. The molecule has 0 aliphatic carbocycles. The summed E-state index contributed by atoms with van der Waals surface area (Å²) < 4.78 is 37.2. The van der Waals surface area contributed by atoms with E-state index in [4.69, 9.17) is 5.73 Å². The first-order chi connectivity index (χ1) is 7.75. The van der Waals surface area contributed by atoms with E-state index in [0.717, 1.165) is 4.88 Å². The van der Waals surface area contributed by atoms with Gasteiger partial charge in [0, 0.05) is 11.4 Å². The molecule has 17 heavy (non-hydrogen) atoms. The van der Waals surface area contributed by atoms with Crippen LogP contribution < -0.4 is 11.1 Å². The lowest BCUT2D eigenvalue weighted by Crippen LogP contribution is -2.61. The fourth-order valence-corrected chi connectivity index (χ4v) is 1.78. The molecule has 0 saturated heterocycles. The van der Waals surface area contributed by atoms with E-state index in [1.54, 1.807) is 0 Å². The first-order valence-corrected chi connectivity index (χ1v) is 5.79. The number of thiophene rings is 1. The number of hydrogen-bond acceptors (Lipinski definition) is 3. The molecule has 0 fully saturated rings. The van der Waals surface area contributed by atoms with Crippen molar-refractivity contribution < 1.29 is 18.0 Å². The van der Waals surface area contributed by atoms with Crippen LogP contribution in [0.4, 0.5) is 13.2 Å². The van der Waals surface area contributed by atoms with Gasteiger partial charge in [-0.25, -0.2) is 0 Å². The second kappa shape index (κ2) is 5.05. The highest BCUT2D eigenvalue weighted by Gasteiger charge is 2.53. The zero-order chi connectivity index (χ0) is 13.1. The number of rotatable bonds is 4. The summed E-state index contributed by atoms with van der Waals surface area (Å²) in [6, 6.07) is 3.69. The number of nitrogens with two attached hydrogens (primary N) is 1. The van der Waals surface area contributed by atoms with Crippen LogP contribution in [0.2, 0.25) is 0 Å². The minimum atomic E-state index is -4.75. The number of nitrogens with one attached hydrogen (secondary N) is 1. The van der Waals surface area contributed by atoms with Crippen molar-refractivity contribution in [2.45, 2.75) is 25.1 Å². The zero-order valence-electron chi connectivity index (χ0n) is 9.17. The van der Waals surface area contributed by atoms with Crippen LogP contribution in [-0.4, -0.2) is 24.2 Å². The zero-order valence-corrected chi connectivity index (χ0v) is 9.99. The second-order valence-electron chi connectivity index (χ2n) is 3.79. The van der Waals surface area contributed by atoms with Gasteiger partial charge in [0.15, 0.2) is 5.54 Å². The number of alkyl halides is 3. The second-order valence-corrected chi connectivity index (χ2v) is 4.82. The van der Waals surface area contributed by atoms with Crippen LogP contribution in [0.1, 0.15) is 11.8 Å². The molecule has 1 aromatic rings. The molecule has 0 bridgehead atoms. The number of amides is 1. The highest BCUT2D eigenvalue weighted by Crippen LogP contribution is 2.27. The molecular weight excluding hydrogens is 253 g/mol. The van der Waals surface area contributed by atoms with Gasteiger partial charge >= 0.3 is 6.18 Å². The van der Waals surface area contributed by atoms with E-state index in [1.165, 1.54) is 11.3 Å². The van der Waals surface area contributed by atoms with Gasteiger partial charge in [-0.1, -0.05) is 6.07 Å². The summed E-state index contributed by atoms with van der Waals surface area (Å²) in [6.45, 7) is 0.801. The largest absolute Gasteiger partial charge is 0.415 e. The highest BCUT2D eigenvalue weighted by atomic mass is 32.1. The van der Waals surface area contributed by atoms with Gasteiger partial charge in [0.1, 0.15) is 0 Å². The average Bonchev–Trinajstić information content (AvgIpc) is 2.68. The molecule has 0 saturated carbocycles. The Morgan fingerprint density at radius 3 is 2.65 bits per heavy atom. The van der Waals surface area contributed by atoms with Gasteiger partial charge in [0.05, 0.1) is 0 Å². The highest BCUT2D eigenvalue weighted by molar-refractivity contribution is 7.09. The third-order valence-corrected chi connectivity index (χ3v) is 3.23. The van der Waals surface area contributed by atoms with Gasteiger partial charge in [-0.2, -0.15) is 13.2 Å². The molecule has 1 aromatic heterocycles. The summed E-state index contributed by atoms with van der Waals surface area (Å²) in [6.07, 6.45) is -4.25. The van der Waals surface area contributed by atoms with E-state index in [9.17, 15) is 18.0 Å². The van der Waals surface area contributed by atoms with Gasteiger partial charge < -0.3 is 11.1 Å². The maximum Gasteiger partial charge on any atom is 0.415 e. The summed E-state index contributed by atoms with van der Waals surface area (Å²) >= 11 is 1.48. The first kappa shape index (κ1) is 14.0. The molecule has 96 valence electrons. The van der Waals surface area contributed by atoms with Crippen LogP contribution in [0.15, 0.2) is 17.5 Å². The van der Waals surface area contributed by atoms with Crippen molar-refractivity contribution >= 4 is 17.2 Å². The molecule has 1 unspecified atom stereocenters. The molecule has 1 rings (SSSR count). The number of hydrogen-bond donors (Lipinski definition) is 2. The third-order valence-electron chi connectivity index (χ3n) is 2.30. The summed E-state index contributed by atoms with van der Waals surface area (Å²) in [7, 11) is 0. The Balaban J connectivity index is 2.45. The molecule has 0 radical (unpaired) electrons.